The number of nitrogens with zero attached hydrogens (tertiary/aromatic N) is 1. The van der Waals surface area contributed by atoms with Crippen LogP contribution in [0.1, 0.15) is 97.3 Å². The summed E-state index contributed by atoms with van der Waals surface area (Å²) in [5.74, 6) is 0. The Bertz CT molecular complexity index is 362. The summed E-state index contributed by atoms with van der Waals surface area (Å²) in [4.78, 5) is 0. The van der Waals surface area contributed by atoms with Gasteiger partial charge in [-0.15, -0.1) is 0 Å². The van der Waals surface area contributed by atoms with E-state index in [2.05, 4.69) is 27.9 Å². The molecule has 0 aromatic heterocycles. The minimum Gasteiger partial charge on any atom is -0.726 e. The third-order valence-electron chi connectivity index (χ3n) is 4.45. The van der Waals surface area contributed by atoms with Crippen molar-refractivity contribution in [3.05, 3.63) is 0 Å². The van der Waals surface area contributed by atoms with Crippen LogP contribution < -0.4 is 0 Å². The molecule has 1 N–H and O–H groups in total. The zero-order valence-electron chi connectivity index (χ0n) is 17.1. The Labute approximate surface area is 157 Å². The van der Waals surface area contributed by atoms with E-state index in [-0.39, 0.29) is 0 Å². The average Bonchev–Trinajstić information content (AvgIpc) is 2.46. The fourth-order valence-corrected chi connectivity index (χ4v) is 3.10. The van der Waals surface area contributed by atoms with Crippen molar-refractivity contribution in [2.45, 2.75) is 97.3 Å². The Morgan fingerprint density at radius 2 is 1.00 bits per heavy atom. The minimum atomic E-state index is -4.92. The van der Waals surface area contributed by atoms with Crippen LogP contribution in [0.2, 0.25) is 0 Å². The summed E-state index contributed by atoms with van der Waals surface area (Å²) in [6.45, 7) is 7.29. The second kappa shape index (κ2) is 17.3. The lowest BCUT2D eigenvalue weighted by Gasteiger charge is -2.29. The number of quaternary nitrogens is 1. The lowest BCUT2D eigenvalue weighted by Crippen LogP contribution is -2.40. The van der Waals surface area contributed by atoms with Gasteiger partial charge in [-0.25, -0.2) is 8.42 Å². The lowest BCUT2D eigenvalue weighted by atomic mass is 10.1. The molecule has 0 heterocycles. The molecule has 25 heavy (non-hydrogen) atoms. The first-order valence-corrected chi connectivity index (χ1v) is 11.5. The Kier molecular flexibility index (Phi) is 18.7. The highest BCUT2D eigenvalue weighted by Gasteiger charge is 2.11. The SMILES string of the molecule is CCCCCCCCCCCCCC[N+](C)(C)CCC.O=S(=O)([O-])O. The molecule has 6 heteroatoms. The van der Waals surface area contributed by atoms with Crippen LogP contribution in [-0.2, 0) is 10.4 Å². The highest BCUT2D eigenvalue weighted by atomic mass is 32.3. The van der Waals surface area contributed by atoms with Gasteiger partial charge in [0.2, 0.25) is 10.4 Å². The second-order valence-corrected chi connectivity index (χ2v) is 8.56. The van der Waals surface area contributed by atoms with Crippen LogP contribution in [0.3, 0.4) is 0 Å². The molecule has 0 aliphatic heterocycles. The van der Waals surface area contributed by atoms with E-state index in [1.165, 1.54) is 101 Å². The normalized spacial score (nSPS) is 11.9. The summed E-state index contributed by atoms with van der Waals surface area (Å²) in [6.07, 6.45) is 18.7. The summed E-state index contributed by atoms with van der Waals surface area (Å²) < 4.78 is 34.0. The molecule has 0 aromatic rings. The fraction of sp³-hybridized carbons (Fsp3) is 1.00. The van der Waals surface area contributed by atoms with Gasteiger partial charge in [-0.05, 0) is 19.3 Å². The first-order valence-electron chi connectivity index (χ1n) is 10.1. The Hall–Kier alpha value is -0.170. The van der Waals surface area contributed by atoms with Crippen LogP contribution in [-0.4, -0.2) is 49.2 Å². The monoisotopic (exact) mass is 381 g/mol. The van der Waals surface area contributed by atoms with Crippen molar-refractivity contribution in [1.82, 2.24) is 0 Å². The van der Waals surface area contributed by atoms with Gasteiger partial charge in [-0.1, -0.05) is 78.1 Å². The van der Waals surface area contributed by atoms with Crippen molar-refractivity contribution >= 4 is 10.4 Å². The standard InChI is InChI=1S/C19H42N.H2O4S/c1-5-7-8-9-10-11-12-13-14-15-16-17-19-20(3,4)18-6-2;1-5(2,3)4/h5-19H2,1-4H3;(H2,1,2,3,4)/q+1;/p-1. The fourth-order valence-electron chi connectivity index (χ4n) is 3.10. The predicted octanol–water partition coefficient (Wildman–Crippen LogP) is 5.18. The highest BCUT2D eigenvalue weighted by Crippen LogP contribution is 2.12. The summed E-state index contributed by atoms with van der Waals surface area (Å²) in [6, 6.07) is 0. The topological polar surface area (TPSA) is 77.4 Å². The number of rotatable bonds is 15. The highest BCUT2D eigenvalue weighted by molar-refractivity contribution is 7.79. The van der Waals surface area contributed by atoms with Crippen molar-refractivity contribution in [1.29, 1.82) is 0 Å². The molecule has 0 aliphatic carbocycles. The van der Waals surface area contributed by atoms with E-state index >= 15 is 0 Å². The van der Waals surface area contributed by atoms with Crippen molar-refractivity contribution in [2.75, 3.05) is 27.2 Å². The van der Waals surface area contributed by atoms with Gasteiger partial charge in [-0.2, -0.15) is 0 Å². The molecule has 0 saturated carbocycles. The molecule has 5 nitrogen and oxygen atoms in total. The largest absolute Gasteiger partial charge is 0.726 e. The van der Waals surface area contributed by atoms with Gasteiger partial charge in [0, 0.05) is 0 Å². The summed E-state index contributed by atoms with van der Waals surface area (Å²) in [7, 11) is -0.163. The first kappa shape index (κ1) is 27.1. The van der Waals surface area contributed by atoms with Gasteiger partial charge < -0.3 is 9.04 Å². The maximum atomic E-state index is 8.63. The van der Waals surface area contributed by atoms with Crippen LogP contribution in [0.15, 0.2) is 0 Å². The molecule has 0 atom stereocenters. The summed E-state index contributed by atoms with van der Waals surface area (Å²) in [5.41, 5.74) is 0. The average molecular weight is 382 g/mol. The first-order chi connectivity index (χ1) is 11.6. The molecule has 0 spiro atoms. The van der Waals surface area contributed by atoms with Gasteiger partial charge >= 0.3 is 0 Å². The molecule has 0 saturated heterocycles. The van der Waals surface area contributed by atoms with Crippen molar-refractivity contribution in [3.63, 3.8) is 0 Å². The Morgan fingerprint density at radius 1 is 0.680 bits per heavy atom. The van der Waals surface area contributed by atoms with E-state index in [1.807, 2.05) is 0 Å². The molecule has 154 valence electrons. The summed E-state index contributed by atoms with van der Waals surface area (Å²) >= 11 is 0. The van der Waals surface area contributed by atoms with Gasteiger partial charge in [0.1, 0.15) is 0 Å². The maximum Gasteiger partial charge on any atom is 0.215 e. The maximum absolute atomic E-state index is 8.63. The quantitative estimate of drug-likeness (QED) is 0.183. The van der Waals surface area contributed by atoms with E-state index in [4.69, 9.17) is 17.5 Å². The van der Waals surface area contributed by atoms with Gasteiger partial charge in [0.15, 0.2) is 0 Å². The summed E-state index contributed by atoms with van der Waals surface area (Å²) in [5, 5.41) is 0. The third-order valence-corrected chi connectivity index (χ3v) is 4.45. The van der Waals surface area contributed by atoms with E-state index in [1.54, 1.807) is 0 Å². The molecule has 0 aromatic carbocycles. The molecular formula is C19H43NO4S. The van der Waals surface area contributed by atoms with Crippen LogP contribution in [0.25, 0.3) is 0 Å². The number of hydrogen-bond donors (Lipinski definition) is 1. The van der Waals surface area contributed by atoms with Gasteiger partial charge in [-0.3, -0.25) is 4.55 Å². The Morgan fingerprint density at radius 3 is 1.32 bits per heavy atom. The molecule has 0 radical (unpaired) electrons. The van der Waals surface area contributed by atoms with E-state index in [0.29, 0.717) is 0 Å². The van der Waals surface area contributed by atoms with E-state index in [0.717, 1.165) is 0 Å². The van der Waals surface area contributed by atoms with E-state index in [9.17, 15) is 0 Å². The smallest absolute Gasteiger partial charge is 0.215 e. The Balaban J connectivity index is 0. The van der Waals surface area contributed by atoms with Crippen molar-refractivity contribution < 1.29 is 22.0 Å². The lowest BCUT2D eigenvalue weighted by molar-refractivity contribution is -0.890. The van der Waals surface area contributed by atoms with Gasteiger partial charge in [0.05, 0.1) is 27.2 Å². The van der Waals surface area contributed by atoms with Crippen molar-refractivity contribution in [3.8, 4) is 0 Å². The zero-order valence-corrected chi connectivity index (χ0v) is 18.0. The minimum absolute atomic E-state index is 1.22. The molecule has 0 bridgehead atoms. The molecule has 0 aliphatic rings. The molecule has 0 fully saturated rings. The van der Waals surface area contributed by atoms with E-state index < -0.39 is 10.4 Å². The van der Waals surface area contributed by atoms with Crippen molar-refractivity contribution in [2.24, 2.45) is 0 Å². The molecule has 0 amide bonds. The zero-order chi connectivity index (χ0) is 19.6. The third kappa shape index (κ3) is 32.0. The van der Waals surface area contributed by atoms with Gasteiger partial charge in [0.25, 0.3) is 0 Å². The van der Waals surface area contributed by atoms with Crippen LogP contribution in [0.4, 0.5) is 0 Å². The second-order valence-electron chi connectivity index (χ2n) is 7.70. The molecule has 0 rings (SSSR count). The number of hydrogen-bond acceptors (Lipinski definition) is 3. The number of unbranched alkanes of at least 4 members (excludes halogenated alkanes) is 11. The van der Waals surface area contributed by atoms with Crippen LogP contribution in [0, 0.1) is 0 Å². The predicted molar refractivity (Wildman–Crippen MR) is 106 cm³/mol. The van der Waals surface area contributed by atoms with Crippen LogP contribution in [0.5, 0.6) is 0 Å². The van der Waals surface area contributed by atoms with Crippen LogP contribution >= 0.6 is 0 Å². The molecule has 0 unspecified atom stereocenters. The molecular weight excluding hydrogens is 338 g/mol.